The summed E-state index contributed by atoms with van der Waals surface area (Å²) in [6.07, 6.45) is 0. The van der Waals surface area contributed by atoms with Crippen LogP contribution in [0.1, 0.15) is 16.4 Å². The van der Waals surface area contributed by atoms with Crippen molar-refractivity contribution in [2.75, 3.05) is 0 Å². The number of rotatable bonds is 3. The molecule has 0 saturated heterocycles. The molecule has 1 heteroatoms. The number of fused-ring (bicyclic) bond motifs is 6. The zero-order chi connectivity index (χ0) is 38.8. The van der Waals surface area contributed by atoms with Crippen LogP contribution in [0.25, 0.3) is 87.6 Å². The second-order valence-corrected chi connectivity index (χ2v) is 10.4. The van der Waals surface area contributed by atoms with E-state index in [-0.39, 0.29) is 73.4 Å². The van der Waals surface area contributed by atoms with E-state index in [4.69, 9.17) is 15.4 Å². The molecule has 0 aliphatic carbocycles. The Morgan fingerprint density at radius 3 is 1.60 bits per heavy atom. The molecule has 0 spiro atoms. The molecule has 1 aromatic heterocycles. The topological polar surface area (TPSA) is 13.1 Å². The first-order valence-corrected chi connectivity index (χ1v) is 13.8. The fourth-order valence-corrected chi connectivity index (χ4v) is 6.05. The molecule has 0 aliphatic rings. The fourth-order valence-electron chi connectivity index (χ4n) is 6.05. The Morgan fingerprint density at radius 2 is 0.907 bits per heavy atom. The quantitative estimate of drug-likeness (QED) is 0.197. The lowest BCUT2D eigenvalue weighted by atomic mass is 9.85. The molecule has 9 rings (SSSR count). The van der Waals surface area contributed by atoms with Crippen LogP contribution in [0.2, 0.25) is 0 Å². The summed E-state index contributed by atoms with van der Waals surface area (Å²) in [5.41, 5.74) is 3.14. The fraction of sp³-hybridized carbons (Fsp3) is 0. The first kappa shape index (κ1) is 15.0. The van der Waals surface area contributed by atoms with Crippen LogP contribution in [0.4, 0.5) is 0 Å². The molecule has 1 heterocycles. The van der Waals surface area contributed by atoms with Crippen LogP contribution < -0.4 is 0 Å². The molecule has 0 atom stereocenters. The van der Waals surface area contributed by atoms with Crippen LogP contribution >= 0.6 is 0 Å². The lowest BCUT2D eigenvalue weighted by Crippen LogP contribution is -1.91. The lowest BCUT2D eigenvalue weighted by Gasteiger charge is -2.18. The molecule has 0 unspecified atom stereocenters. The highest BCUT2D eigenvalue weighted by Gasteiger charge is 2.17. The van der Waals surface area contributed by atoms with E-state index in [1.54, 1.807) is 30.3 Å². The normalized spacial score (nSPS) is 15.6. The molecule has 0 saturated carbocycles. The van der Waals surface area contributed by atoms with E-state index in [2.05, 4.69) is 6.07 Å². The van der Waals surface area contributed by atoms with Crippen molar-refractivity contribution in [3.8, 4) is 33.4 Å². The minimum Gasteiger partial charge on any atom is -0.456 e. The van der Waals surface area contributed by atoms with Gasteiger partial charge in [0, 0.05) is 10.8 Å². The van der Waals surface area contributed by atoms with E-state index in [0.29, 0.717) is 16.5 Å². The first-order valence-electron chi connectivity index (χ1n) is 19.8. The Balaban J connectivity index is 1.42. The van der Waals surface area contributed by atoms with Crippen molar-refractivity contribution in [1.29, 1.82) is 0 Å². The van der Waals surface area contributed by atoms with E-state index >= 15 is 0 Å². The van der Waals surface area contributed by atoms with Gasteiger partial charge in [0.15, 0.2) is 0 Å². The Labute approximate surface area is 266 Å². The minimum atomic E-state index is -0.527. The number of hydrogen-bond acceptors (Lipinski definition) is 1. The van der Waals surface area contributed by atoms with Crippen molar-refractivity contribution >= 4 is 54.3 Å². The van der Waals surface area contributed by atoms with E-state index < -0.39 is 48.3 Å². The molecule has 0 radical (unpaired) electrons. The smallest absolute Gasteiger partial charge is 0.135 e. The third kappa shape index (κ3) is 3.79. The predicted octanol–water partition coefficient (Wildman–Crippen LogP) is 12.0. The second-order valence-electron chi connectivity index (χ2n) is 10.4. The number of hydrogen-bond donors (Lipinski definition) is 0. The summed E-state index contributed by atoms with van der Waals surface area (Å²) in [5, 5.41) is 2.77. The van der Waals surface area contributed by atoms with Gasteiger partial charge in [0.25, 0.3) is 0 Å². The van der Waals surface area contributed by atoms with Gasteiger partial charge < -0.3 is 4.42 Å². The lowest BCUT2D eigenvalue weighted by molar-refractivity contribution is 0.669. The Hall–Kier alpha value is -5.66. The van der Waals surface area contributed by atoms with Crippen molar-refractivity contribution in [2.45, 2.75) is 0 Å². The maximum atomic E-state index is 9.26. The molecule has 0 fully saturated rings. The Morgan fingerprint density at radius 1 is 0.372 bits per heavy atom. The van der Waals surface area contributed by atoms with Gasteiger partial charge in [-0.1, -0.05) is 133 Å². The molecule has 9 aromatic rings. The molecule has 0 bridgehead atoms. The van der Waals surface area contributed by atoms with Crippen molar-refractivity contribution in [1.82, 2.24) is 0 Å². The zero-order valence-electron chi connectivity index (χ0n) is 34.5. The molecule has 0 aliphatic heterocycles. The molecular weight excluding hydrogens is 520 g/mol. The molecule has 8 aromatic carbocycles. The molecule has 0 amide bonds. The average molecular weight is 559 g/mol. The number of furan rings is 1. The monoisotopic (exact) mass is 558 g/mol. The van der Waals surface area contributed by atoms with Gasteiger partial charge in [-0.3, -0.25) is 0 Å². The van der Waals surface area contributed by atoms with Crippen molar-refractivity contribution in [3.63, 3.8) is 0 Å². The third-order valence-corrected chi connectivity index (χ3v) is 8.03. The summed E-state index contributed by atoms with van der Waals surface area (Å²) in [7, 11) is 0. The highest BCUT2D eigenvalue weighted by atomic mass is 16.3. The van der Waals surface area contributed by atoms with Gasteiger partial charge in [0.05, 0.1) is 16.4 Å². The summed E-state index contributed by atoms with van der Waals surface area (Å²) >= 11 is 0. The molecule has 0 N–H and O–H groups in total. The van der Waals surface area contributed by atoms with Crippen LogP contribution in [0.3, 0.4) is 0 Å². The zero-order valence-corrected chi connectivity index (χ0v) is 22.5. The minimum absolute atomic E-state index is 0.0335. The Kier molecular flexibility index (Phi) is 3.29. The van der Waals surface area contributed by atoms with Gasteiger partial charge in [0.1, 0.15) is 11.2 Å². The van der Waals surface area contributed by atoms with Crippen LogP contribution in [0.15, 0.2) is 162 Å². The maximum Gasteiger partial charge on any atom is 0.135 e. The molecule has 200 valence electrons. The van der Waals surface area contributed by atoms with Crippen LogP contribution in [-0.2, 0) is 0 Å². The van der Waals surface area contributed by atoms with E-state index in [1.165, 1.54) is 0 Å². The maximum absolute atomic E-state index is 9.26. The van der Waals surface area contributed by atoms with Gasteiger partial charge in [-0.25, -0.2) is 0 Å². The van der Waals surface area contributed by atoms with Crippen LogP contribution in [0, 0.1) is 0 Å². The van der Waals surface area contributed by atoms with Gasteiger partial charge in [-0.2, -0.15) is 0 Å². The molecular formula is C42H26O. The number of para-hydroxylation sites is 1. The summed E-state index contributed by atoms with van der Waals surface area (Å²) in [4.78, 5) is 0. The summed E-state index contributed by atoms with van der Waals surface area (Å²) in [5.74, 6) is 0. The summed E-state index contributed by atoms with van der Waals surface area (Å²) in [6.45, 7) is 0. The first-order chi connectivity index (χ1) is 26.3. The van der Waals surface area contributed by atoms with E-state index in [9.17, 15) is 5.48 Å². The van der Waals surface area contributed by atoms with Gasteiger partial charge >= 0.3 is 0 Å². The van der Waals surface area contributed by atoms with Crippen molar-refractivity contribution in [3.05, 3.63) is 157 Å². The van der Waals surface area contributed by atoms with Gasteiger partial charge in [0.2, 0.25) is 0 Å². The van der Waals surface area contributed by atoms with Crippen LogP contribution in [-0.4, -0.2) is 0 Å². The number of benzene rings is 8. The standard InChI is InChI=1S/C42H26O/c1-2-10-30-25-31(22-19-27(30)9-1)28-17-20-29(21-18-28)41-34-12-3-5-14-36(34)42(37-15-6-4-13-35(37)41)32-23-24-40-38(26-32)33-11-7-8-16-39(33)43-40/h1-26H/i3D,4D,5D,6D,7D,8D,11D,12D,13D,14D,15D,16D. The summed E-state index contributed by atoms with van der Waals surface area (Å²) < 4.78 is 111. The van der Waals surface area contributed by atoms with Crippen molar-refractivity contribution < 1.29 is 20.9 Å². The highest BCUT2D eigenvalue weighted by molar-refractivity contribution is 6.22. The van der Waals surface area contributed by atoms with Crippen molar-refractivity contribution in [2.24, 2.45) is 0 Å². The van der Waals surface area contributed by atoms with E-state index in [1.807, 2.05) is 48.5 Å². The highest BCUT2D eigenvalue weighted by Crippen LogP contribution is 2.45. The molecule has 43 heavy (non-hydrogen) atoms. The molecule has 1 nitrogen and oxygen atoms in total. The van der Waals surface area contributed by atoms with E-state index in [0.717, 1.165) is 21.9 Å². The Bertz CT molecular complexity index is 3090. The van der Waals surface area contributed by atoms with Gasteiger partial charge in [-0.15, -0.1) is 0 Å². The average Bonchev–Trinajstić information content (AvgIpc) is 3.60. The predicted molar refractivity (Wildman–Crippen MR) is 183 cm³/mol. The third-order valence-electron chi connectivity index (χ3n) is 8.03. The van der Waals surface area contributed by atoms with Crippen LogP contribution in [0.5, 0.6) is 0 Å². The summed E-state index contributed by atoms with van der Waals surface area (Å²) in [6, 6.07) is 20.9. The van der Waals surface area contributed by atoms with Gasteiger partial charge in [-0.05, 0) is 89.9 Å². The second kappa shape index (κ2) is 9.44. The SMILES string of the molecule is [2H]c1c([2H])c([2H])c2c(oc3ccc(-c4c5c([2H])c([2H])c([2H])c([2H])c5c(-c5ccc(-c6ccc7ccccc7c6)cc5)c5c([2H])c([2H])c([2H])c([2H])c45)cc32)c1[2H]. The largest absolute Gasteiger partial charge is 0.456 e.